The van der Waals surface area contributed by atoms with Crippen LogP contribution in [0.5, 0.6) is 0 Å². The standard InChI is InChI=1S/C14H17N3O3/c1-3-20-13(18)8-10-9-16(2)14(19)11-6-4-5-7-12(11)17(10)15/h4-8H,3,9,15H2,1-2H3. The summed E-state index contributed by atoms with van der Waals surface area (Å²) in [5.74, 6) is 5.43. The molecule has 1 aromatic rings. The lowest BCUT2D eigenvalue weighted by atomic mass is 10.1. The summed E-state index contributed by atoms with van der Waals surface area (Å²) in [4.78, 5) is 25.3. The summed E-state index contributed by atoms with van der Waals surface area (Å²) in [5.41, 5.74) is 1.58. The number of fused-ring (bicyclic) bond motifs is 1. The smallest absolute Gasteiger partial charge is 0.332 e. The number of likely N-dealkylation sites (N-methyl/N-ethyl adjacent to an activating group) is 1. The summed E-state index contributed by atoms with van der Waals surface area (Å²) in [6.07, 6.45) is 1.31. The molecule has 20 heavy (non-hydrogen) atoms. The molecule has 0 unspecified atom stereocenters. The van der Waals surface area contributed by atoms with Crippen molar-refractivity contribution in [3.05, 3.63) is 41.6 Å². The van der Waals surface area contributed by atoms with Crippen LogP contribution in [-0.2, 0) is 9.53 Å². The Kier molecular flexibility index (Phi) is 4.05. The Bertz CT molecular complexity index is 569. The maximum atomic E-state index is 12.2. The molecule has 0 bridgehead atoms. The van der Waals surface area contributed by atoms with Crippen molar-refractivity contribution in [1.82, 2.24) is 4.90 Å². The van der Waals surface area contributed by atoms with Gasteiger partial charge in [-0.05, 0) is 19.1 Å². The minimum absolute atomic E-state index is 0.136. The van der Waals surface area contributed by atoms with Crippen LogP contribution < -0.4 is 10.9 Å². The van der Waals surface area contributed by atoms with Gasteiger partial charge in [-0.25, -0.2) is 10.6 Å². The Morgan fingerprint density at radius 1 is 1.45 bits per heavy atom. The monoisotopic (exact) mass is 275 g/mol. The number of nitrogens with two attached hydrogens (primary N) is 1. The van der Waals surface area contributed by atoms with Gasteiger partial charge in [0.2, 0.25) is 0 Å². The lowest BCUT2D eigenvalue weighted by Crippen LogP contribution is -2.34. The van der Waals surface area contributed by atoms with Crippen molar-refractivity contribution in [2.24, 2.45) is 5.84 Å². The fourth-order valence-corrected chi connectivity index (χ4v) is 2.05. The van der Waals surface area contributed by atoms with Gasteiger partial charge < -0.3 is 9.64 Å². The Labute approximate surface area is 117 Å². The second-order valence-corrected chi connectivity index (χ2v) is 4.44. The zero-order chi connectivity index (χ0) is 14.7. The Morgan fingerprint density at radius 3 is 2.85 bits per heavy atom. The van der Waals surface area contributed by atoms with Crippen LogP contribution in [0.1, 0.15) is 17.3 Å². The molecule has 6 nitrogen and oxygen atoms in total. The molecule has 0 aromatic heterocycles. The van der Waals surface area contributed by atoms with Gasteiger partial charge in [-0.3, -0.25) is 9.80 Å². The van der Waals surface area contributed by atoms with E-state index in [1.807, 2.05) is 0 Å². The number of para-hydroxylation sites is 1. The molecule has 0 radical (unpaired) electrons. The summed E-state index contributed by atoms with van der Waals surface area (Å²) in [5, 5.41) is 1.35. The summed E-state index contributed by atoms with van der Waals surface area (Å²) in [6, 6.07) is 7.02. The van der Waals surface area contributed by atoms with E-state index in [1.165, 1.54) is 16.0 Å². The lowest BCUT2D eigenvalue weighted by Gasteiger charge is -2.21. The van der Waals surface area contributed by atoms with E-state index in [0.717, 1.165) is 0 Å². The maximum absolute atomic E-state index is 12.2. The van der Waals surface area contributed by atoms with E-state index in [4.69, 9.17) is 10.6 Å². The van der Waals surface area contributed by atoms with E-state index in [2.05, 4.69) is 0 Å². The summed E-state index contributed by atoms with van der Waals surface area (Å²) < 4.78 is 4.88. The summed E-state index contributed by atoms with van der Waals surface area (Å²) >= 11 is 0. The van der Waals surface area contributed by atoms with Crippen LogP contribution in [0, 0.1) is 0 Å². The average Bonchev–Trinajstić information content (AvgIpc) is 2.52. The molecular weight excluding hydrogens is 258 g/mol. The molecule has 2 rings (SSSR count). The van der Waals surface area contributed by atoms with Gasteiger partial charge in [0.1, 0.15) is 0 Å². The van der Waals surface area contributed by atoms with Crippen LogP contribution in [0.15, 0.2) is 36.0 Å². The number of carbonyl (C=O) groups excluding carboxylic acids is 2. The SMILES string of the molecule is CCOC(=O)C=C1CN(C)C(=O)c2ccccc2N1N. The highest BCUT2D eigenvalue weighted by atomic mass is 16.5. The molecule has 0 aliphatic carbocycles. The number of nitrogens with zero attached hydrogens (tertiary/aromatic N) is 2. The van der Waals surface area contributed by atoms with E-state index >= 15 is 0 Å². The number of benzene rings is 1. The third-order valence-electron chi connectivity index (χ3n) is 3.02. The zero-order valence-electron chi connectivity index (χ0n) is 11.5. The molecule has 1 heterocycles. The second-order valence-electron chi connectivity index (χ2n) is 4.44. The highest BCUT2D eigenvalue weighted by Gasteiger charge is 2.26. The molecular formula is C14H17N3O3. The fourth-order valence-electron chi connectivity index (χ4n) is 2.05. The van der Waals surface area contributed by atoms with Crippen LogP contribution in [0.25, 0.3) is 0 Å². The van der Waals surface area contributed by atoms with E-state index in [9.17, 15) is 9.59 Å². The van der Waals surface area contributed by atoms with Gasteiger partial charge >= 0.3 is 5.97 Å². The Hall–Kier alpha value is -2.34. The predicted molar refractivity (Wildman–Crippen MR) is 74.8 cm³/mol. The number of carbonyl (C=O) groups is 2. The first-order valence-electron chi connectivity index (χ1n) is 6.31. The van der Waals surface area contributed by atoms with Gasteiger partial charge in [-0.1, -0.05) is 12.1 Å². The molecule has 0 spiro atoms. The molecule has 1 aliphatic heterocycles. The molecule has 0 saturated heterocycles. The minimum Gasteiger partial charge on any atom is -0.463 e. The second kappa shape index (κ2) is 5.75. The van der Waals surface area contributed by atoms with E-state index in [1.54, 1.807) is 38.2 Å². The van der Waals surface area contributed by atoms with Gasteiger partial charge in [-0.2, -0.15) is 0 Å². The van der Waals surface area contributed by atoms with Crippen LogP contribution in [0.2, 0.25) is 0 Å². The minimum atomic E-state index is -0.474. The van der Waals surface area contributed by atoms with Crippen LogP contribution >= 0.6 is 0 Å². The molecule has 1 aromatic carbocycles. The highest BCUT2D eigenvalue weighted by molar-refractivity contribution is 6.01. The number of hydrogen-bond acceptors (Lipinski definition) is 5. The van der Waals surface area contributed by atoms with E-state index in [0.29, 0.717) is 23.6 Å². The maximum Gasteiger partial charge on any atom is 0.332 e. The molecule has 0 atom stereocenters. The van der Waals surface area contributed by atoms with Crippen LogP contribution in [0.3, 0.4) is 0 Å². The van der Waals surface area contributed by atoms with E-state index < -0.39 is 5.97 Å². The van der Waals surface area contributed by atoms with Gasteiger partial charge in [0, 0.05) is 13.1 Å². The molecule has 6 heteroatoms. The van der Waals surface area contributed by atoms with Crippen molar-refractivity contribution >= 4 is 17.6 Å². The fraction of sp³-hybridized carbons (Fsp3) is 0.286. The molecule has 0 saturated carbocycles. The van der Waals surface area contributed by atoms with Crippen molar-refractivity contribution in [1.29, 1.82) is 0 Å². The summed E-state index contributed by atoms with van der Waals surface area (Å²) in [6.45, 7) is 2.26. The number of rotatable bonds is 2. The molecule has 106 valence electrons. The first kappa shape index (κ1) is 14.1. The normalized spacial score (nSPS) is 16.9. The molecule has 1 amide bonds. The van der Waals surface area contributed by atoms with Gasteiger partial charge in [0.15, 0.2) is 0 Å². The number of ether oxygens (including phenoxy) is 1. The Morgan fingerprint density at radius 2 is 2.15 bits per heavy atom. The van der Waals surface area contributed by atoms with Crippen LogP contribution in [-0.4, -0.2) is 37.0 Å². The molecule has 2 N–H and O–H groups in total. The average molecular weight is 275 g/mol. The van der Waals surface area contributed by atoms with Crippen molar-refractivity contribution in [2.75, 3.05) is 25.2 Å². The van der Waals surface area contributed by atoms with Gasteiger partial charge in [0.05, 0.1) is 30.1 Å². The first-order valence-corrected chi connectivity index (χ1v) is 6.31. The lowest BCUT2D eigenvalue weighted by molar-refractivity contribution is -0.137. The summed E-state index contributed by atoms with van der Waals surface area (Å²) in [7, 11) is 1.66. The number of hydrazine groups is 1. The van der Waals surface area contributed by atoms with Crippen molar-refractivity contribution in [3.8, 4) is 0 Å². The number of anilines is 1. The topological polar surface area (TPSA) is 75.9 Å². The largest absolute Gasteiger partial charge is 0.463 e. The van der Waals surface area contributed by atoms with Crippen molar-refractivity contribution in [3.63, 3.8) is 0 Å². The third-order valence-corrected chi connectivity index (χ3v) is 3.02. The molecule has 0 fully saturated rings. The van der Waals surface area contributed by atoms with E-state index in [-0.39, 0.29) is 12.5 Å². The van der Waals surface area contributed by atoms with Gasteiger partial charge in [0.25, 0.3) is 5.91 Å². The number of amides is 1. The third kappa shape index (κ3) is 2.65. The molecule has 1 aliphatic rings. The van der Waals surface area contributed by atoms with Crippen LogP contribution in [0.4, 0.5) is 5.69 Å². The highest BCUT2D eigenvalue weighted by Crippen LogP contribution is 2.26. The van der Waals surface area contributed by atoms with Crippen molar-refractivity contribution < 1.29 is 14.3 Å². The Balaban J connectivity index is 2.44. The quantitative estimate of drug-likeness (QED) is 0.493. The number of esters is 1. The van der Waals surface area contributed by atoms with Crippen molar-refractivity contribution in [2.45, 2.75) is 6.92 Å². The zero-order valence-corrected chi connectivity index (χ0v) is 11.5. The number of hydrogen-bond donors (Lipinski definition) is 1. The first-order chi connectivity index (χ1) is 9.54. The van der Waals surface area contributed by atoms with Gasteiger partial charge in [-0.15, -0.1) is 0 Å². The predicted octanol–water partition coefficient (Wildman–Crippen LogP) is 0.899.